The lowest BCUT2D eigenvalue weighted by Crippen LogP contribution is -2.55. The number of piperidine rings is 1. The minimum Gasteiger partial charge on any atom is -0.496 e. The van der Waals surface area contributed by atoms with Crippen molar-refractivity contribution >= 4 is 55.9 Å². The van der Waals surface area contributed by atoms with Crippen LogP contribution in [0.2, 0.25) is 0 Å². The molecule has 17 heteroatoms. The van der Waals surface area contributed by atoms with E-state index in [1.807, 2.05) is 36.5 Å². The van der Waals surface area contributed by atoms with Gasteiger partial charge in [0.1, 0.15) is 17.2 Å². The third-order valence-electron chi connectivity index (χ3n) is 13.2. The second-order valence-corrected chi connectivity index (χ2v) is 18.6. The average Bonchev–Trinajstić information content (AvgIpc) is 4.11. The van der Waals surface area contributed by atoms with Crippen molar-refractivity contribution in [3.05, 3.63) is 89.7 Å². The molecular weight excluding hydrogens is 787 g/mol. The molecule has 0 radical (unpaired) electrons. The van der Waals surface area contributed by atoms with Gasteiger partial charge in [-0.05, 0) is 104 Å². The molecular formula is C43H47N9O7S. The van der Waals surface area contributed by atoms with E-state index in [-0.39, 0.29) is 41.4 Å². The number of methoxy groups -OCH3 is 1. The predicted octanol–water partition coefficient (Wildman–Crippen LogP) is 3.84. The highest BCUT2D eigenvalue weighted by atomic mass is 32.2. The van der Waals surface area contributed by atoms with Crippen LogP contribution in [0.25, 0.3) is 11.0 Å². The van der Waals surface area contributed by atoms with Crippen LogP contribution in [0.4, 0.5) is 17.2 Å². The number of fused-ring (bicyclic) bond motifs is 2. The zero-order valence-electron chi connectivity index (χ0n) is 33.4. The maximum absolute atomic E-state index is 14.2. The number of carbonyl (C=O) groups is 3. The van der Waals surface area contributed by atoms with Gasteiger partial charge in [-0.1, -0.05) is 11.2 Å². The summed E-state index contributed by atoms with van der Waals surface area (Å²) in [6.45, 7) is 7.48. The molecule has 4 fully saturated rings. The summed E-state index contributed by atoms with van der Waals surface area (Å²) in [5.41, 5.74) is 4.83. The third-order valence-corrected chi connectivity index (χ3v) is 14.1. The fourth-order valence-corrected chi connectivity index (χ4v) is 10.8. The Balaban J connectivity index is 0.783. The van der Waals surface area contributed by atoms with Crippen LogP contribution in [0.1, 0.15) is 53.6 Å². The predicted molar refractivity (Wildman–Crippen MR) is 222 cm³/mol. The largest absolute Gasteiger partial charge is 0.496 e. The molecule has 0 saturated carbocycles. The maximum atomic E-state index is 14.2. The standard InChI is InChI=1S/C43H47N9O7S/c1-58-36-18-29(24-50-14-3-13-45-50)19-37-39(36)40(46-59-37)52-38(53)9-8-35(42(52)55)51-25-30-20-32(6-7-34(30)41(51)54)48-15-10-28(23-48)22-47-16-11-43(26-47)12-17-49(27-43)31-4-2-5-33(21-31)60(44,56)57/h2-7,13-14,18-21,28,35H,8-12,15-17,22-27H2,1H3,(H2,44,56,57)/t28-,35-,43?/m0/s1. The van der Waals surface area contributed by atoms with Crippen molar-refractivity contribution < 1.29 is 32.1 Å². The fraction of sp³-hybridized carbons (Fsp3) is 0.419. The number of primary sulfonamides is 1. The number of hydrogen-bond acceptors (Lipinski definition) is 12. The van der Waals surface area contributed by atoms with Gasteiger partial charge in [-0.15, -0.1) is 0 Å². The van der Waals surface area contributed by atoms with Crippen LogP contribution in [0.15, 0.2) is 82.5 Å². The molecule has 4 saturated heterocycles. The quantitative estimate of drug-likeness (QED) is 0.201. The number of nitrogens with two attached hydrogens (primary N) is 1. The highest BCUT2D eigenvalue weighted by molar-refractivity contribution is 7.89. The Morgan fingerprint density at radius 2 is 1.80 bits per heavy atom. The summed E-state index contributed by atoms with van der Waals surface area (Å²) in [7, 11) is -2.24. The number of imide groups is 1. The number of anilines is 3. The fourth-order valence-electron chi connectivity index (χ4n) is 10.2. The molecule has 16 nitrogen and oxygen atoms in total. The van der Waals surface area contributed by atoms with E-state index in [2.05, 4.69) is 31.0 Å². The van der Waals surface area contributed by atoms with Crippen LogP contribution >= 0.6 is 0 Å². The van der Waals surface area contributed by atoms with Gasteiger partial charge in [-0.25, -0.2) is 18.5 Å². The second-order valence-electron chi connectivity index (χ2n) is 17.1. The smallest absolute Gasteiger partial charge is 0.257 e. The Hall–Kier alpha value is -5.78. The van der Waals surface area contributed by atoms with Crippen molar-refractivity contribution in [1.82, 2.24) is 24.7 Å². The molecule has 3 aromatic carbocycles. The molecule has 3 amide bonds. The molecule has 2 N–H and O–H groups in total. The van der Waals surface area contributed by atoms with Crippen LogP contribution in [0.3, 0.4) is 0 Å². The van der Waals surface area contributed by atoms with E-state index < -0.39 is 27.9 Å². The van der Waals surface area contributed by atoms with Crippen LogP contribution in [-0.2, 0) is 32.7 Å². The molecule has 7 heterocycles. The van der Waals surface area contributed by atoms with Gasteiger partial charge in [0.15, 0.2) is 11.4 Å². The van der Waals surface area contributed by atoms with E-state index >= 15 is 0 Å². The maximum Gasteiger partial charge on any atom is 0.257 e. The van der Waals surface area contributed by atoms with Crippen molar-refractivity contribution in [1.29, 1.82) is 0 Å². The SMILES string of the molecule is COc1cc(Cn2cccn2)cc2onc(N3C(=O)CC[C@H](N4Cc5cc(N6CC[C@@H](CN7CCC8(CCN(c9cccc(S(N)(=O)=O)c9)C8)C7)C6)ccc5C4=O)C3=O)c12. The monoisotopic (exact) mass is 833 g/mol. The number of likely N-dealkylation sites (tertiary alicyclic amines) is 1. The van der Waals surface area contributed by atoms with E-state index in [1.165, 1.54) is 7.11 Å². The van der Waals surface area contributed by atoms with Gasteiger partial charge >= 0.3 is 0 Å². The summed E-state index contributed by atoms with van der Waals surface area (Å²) in [5.74, 6) is -0.171. The lowest BCUT2D eigenvalue weighted by molar-refractivity contribution is -0.132. The number of amides is 3. The van der Waals surface area contributed by atoms with Gasteiger partial charge in [0.2, 0.25) is 15.9 Å². The van der Waals surface area contributed by atoms with E-state index in [1.54, 1.807) is 40.0 Å². The van der Waals surface area contributed by atoms with Gasteiger partial charge in [0, 0.05) is 87.0 Å². The van der Waals surface area contributed by atoms with Crippen LogP contribution < -0.4 is 24.6 Å². The molecule has 5 aromatic rings. The van der Waals surface area contributed by atoms with Gasteiger partial charge in [0.05, 0.1) is 18.6 Å². The normalized spacial score (nSPS) is 23.6. The molecule has 1 spiro atoms. The summed E-state index contributed by atoms with van der Waals surface area (Å²) in [5, 5.41) is 14.3. The van der Waals surface area contributed by atoms with E-state index in [0.29, 0.717) is 34.7 Å². The molecule has 0 aliphatic carbocycles. The topological polar surface area (TPSA) is 181 Å². The van der Waals surface area contributed by atoms with Gasteiger partial charge < -0.3 is 28.9 Å². The zero-order chi connectivity index (χ0) is 41.3. The first-order valence-electron chi connectivity index (χ1n) is 20.5. The number of hydrogen-bond donors (Lipinski definition) is 1. The molecule has 10 rings (SSSR count). The highest BCUT2D eigenvalue weighted by Gasteiger charge is 2.46. The Labute approximate surface area is 347 Å². The van der Waals surface area contributed by atoms with E-state index in [9.17, 15) is 22.8 Å². The molecule has 1 unspecified atom stereocenters. The van der Waals surface area contributed by atoms with Gasteiger partial charge in [-0.2, -0.15) is 5.10 Å². The number of sulfonamides is 1. The first-order valence-corrected chi connectivity index (χ1v) is 22.1. The summed E-state index contributed by atoms with van der Waals surface area (Å²) < 4.78 is 37.1. The summed E-state index contributed by atoms with van der Waals surface area (Å²) in [6.07, 6.45) is 7.10. The van der Waals surface area contributed by atoms with Gasteiger partial charge in [0.25, 0.3) is 11.8 Å². The lowest BCUT2D eigenvalue weighted by atomic mass is 9.86. The minimum absolute atomic E-state index is 0.0599. The zero-order valence-corrected chi connectivity index (χ0v) is 34.2. The number of rotatable bonds is 10. The van der Waals surface area contributed by atoms with Crippen molar-refractivity contribution in [2.75, 3.05) is 67.6 Å². The molecule has 60 heavy (non-hydrogen) atoms. The molecule has 5 aliphatic rings. The molecule has 5 aliphatic heterocycles. The number of nitrogens with zero attached hydrogens (tertiary/aromatic N) is 8. The number of aromatic nitrogens is 3. The number of benzene rings is 3. The van der Waals surface area contributed by atoms with E-state index in [4.69, 9.17) is 14.4 Å². The molecule has 2 aromatic heterocycles. The first-order chi connectivity index (χ1) is 28.9. The number of carbonyl (C=O) groups excluding carboxylic acids is 3. The summed E-state index contributed by atoms with van der Waals surface area (Å²) in [6, 6.07) is 17.5. The summed E-state index contributed by atoms with van der Waals surface area (Å²) in [4.78, 5) is 51.6. The first kappa shape index (κ1) is 38.4. The third kappa shape index (κ3) is 6.87. The molecule has 312 valence electrons. The minimum atomic E-state index is -3.76. The lowest BCUT2D eigenvalue weighted by Gasteiger charge is -2.34. The highest BCUT2D eigenvalue weighted by Crippen LogP contribution is 2.43. The van der Waals surface area contributed by atoms with Crippen LogP contribution in [0, 0.1) is 11.3 Å². The number of ether oxygens (including phenoxy) is 1. The van der Waals surface area contributed by atoms with Crippen LogP contribution in [-0.4, -0.2) is 110 Å². The Morgan fingerprint density at radius 3 is 2.62 bits per heavy atom. The van der Waals surface area contributed by atoms with Crippen molar-refractivity contribution in [2.24, 2.45) is 16.5 Å². The van der Waals surface area contributed by atoms with Gasteiger partial charge in [-0.3, -0.25) is 19.1 Å². The molecule has 3 atom stereocenters. The second kappa shape index (κ2) is 14.7. The summed E-state index contributed by atoms with van der Waals surface area (Å²) >= 11 is 0. The van der Waals surface area contributed by atoms with Crippen LogP contribution in [0.5, 0.6) is 5.75 Å². The van der Waals surface area contributed by atoms with Crippen molar-refractivity contribution in [3.8, 4) is 5.75 Å². The van der Waals surface area contributed by atoms with Crippen molar-refractivity contribution in [3.63, 3.8) is 0 Å². The van der Waals surface area contributed by atoms with Crippen molar-refractivity contribution in [2.45, 2.75) is 56.1 Å². The Bertz CT molecular complexity index is 2630. The Morgan fingerprint density at radius 1 is 0.950 bits per heavy atom. The Kier molecular flexibility index (Phi) is 9.44. The average molecular weight is 834 g/mol. The van der Waals surface area contributed by atoms with E-state index in [0.717, 1.165) is 92.5 Å². The molecule has 0 bridgehead atoms.